The number of hydrogen-bond donors (Lipinski definition) is 1. The molecule has 1 N–H and O–H groups in total. The van der Waals surface area contributed by atoms with Gasteiger partial charge in [0.2, 0.25) is 0 Å². The van der Waals surface area contributed by atoms with Crippen LogP contribution in [0.15, 0.2) is 24.3 Å². The molecule has 1 fully saturated rings. The van der Waals surface area contributed by atoms with Crippen molar-refractivity contribution in [3.05, 3.63) is 45.8 Å². The number of piperidine rings is 1. The molecule has 0 unspecified atom stereocenters. The summed E-state index contributed by atoms with van der Waals surface area (Å²) in [5.41, 5.74) is 1.33. The number of methoxy groups -OCH3 is 1. The lowest BCUT2D eigenvalue weighted by Crippen LogP contribution is -2.35. The van der Waals surface area contributed by atoms with Crippen molar-refractivity contribution in [2.45, 2.75) is 26.2 Å². The van der Waals surface area contributed by atoms with Crippen LogP contribution in [0.4, 0.5) is 5.00 Å². The quantitative estimate of drug-likeness (QED) is 0.870. The van der Waals surface area contributed by atoms with Crippen LogP contribution in [0, 0.1) is 18.3 Å². The molecular weight excluding hydrogens is 362 g/mol. The van der Waals surface area contributed by atoms with Crippen LogP contribution in [0.3, 0.4) is 0 Å². The van der Waals surface area contributed by atoms with E-state index in [-0.39, 0.29) is 11.8 Å². The Kier molecular flexibility index (Phi) is 5.77. The fourth-order valence-corrected chi connectivity index (χ4v) is 4.30. The molecule has 1 aliphatic rings. The van der Waals surface area contributed by atoms with Gasteiger partial charge < -0.3 is 15.0 Å². The SMILES string of the molecule is COc1ccccc1C(=O)Nc1sc(C(=O)N2CCCCC2)c(C)c1C#N. The average molecular weight is 383 g/mol. The molecule has 0 spiro atoms. The molecule has 27 heavy (non-hydrogen) atoms. The molecule has 2 aromatic rings. The molecule has 0 radical (unpaired) electrons. The zero-order valence-electron chi connectivity index (χ0n) is 15.4. The second-order valence-corrected chi connectivity index (χ2v) is 7.40. The van der Waals surface area contributed by atoms with Gasteiger partial charge in [-0.15, -0.1) is 11.3 Å². The maximum Gasteiger partial charge on any atom is 0.264 e. The number of likely N-dealkylation sites (tertiary alicyclic amines) is 1. The third-order valence-electron chi connectivity index (χ3n) is 4.67. The number of amides is 2. The minimum absolute atomic E-state index is 0.0634. The van der Waals surface area contributed by atoms with Crippen LogP contribution in [-0.2, 0) is 0 Å². The fraction of sp³-hybridized carbons (Fsp3) is 0.350. The second kappa shape index (κ2) is 8.23. The molecule has 1 saturated heterocycles. The minimum Gasteiger partial charge on any atom is -0.496 e. The number of nitrogens with one attached hydrogen (secondary N) is 1. The molecule has 1 aromatic carbocycles. The van der Waals surface area contributed by atoms with Crippen LogP contribution in [-0.4, -0.2) is 36.9 Å². The predicted octanol–water partition coefficient (Wildman–Crippen LogP) is 3.82. The van der Waals surface area contributed by atoms with E-state index in [9.17, 15) is 14.9 Å². The Bertz CT molecular complexity index is 908. The summed E-state index contributed by atoms with van der Waals surface area (Å²) >= 11 is 1.16. The summed E-state index contributed by atoms with van der Waals surface area (Å²) in [7, 11) is 1.50. The van der Waals surface area contributed by atoms with Crippen LogP contribution < -0.4 is 10.1 Å². The Balaban J connectivity index is 1.89. The summed E-state index contributed by atoms with van der Waals surface area (Å²) in [5, 5.41) is 12.7. The molecular formula is C20H21N3O3S. The van der Waals surface area contributed by atoms with Gasteiger partial charge in [0.1, 0.15) is 16.8 Å². The van der Waals surface area contributed by atoms with Gasteiger partial charge in [-0.05, 0) is 43.9 Å². The molecule has 140 valence electrons. The van der Waals surface area contributed by atoms with Crippen LogP contribution >= 0.6 is 11.3 Å². The molecule has 6 nitrogen and oxygen atoms in total. The van der Waals surface area contributed by atoms with Crippen molar-refractivity contribution >= 4 is 28.2 Å². The summed E-state index contributed by atoms with van der Waals surface area (Å²) in [4.78, 5) is 27.9. The van der Waals surface area contributed by atoms with E-state index in [0.29, 0.717) is 32.3 Å². The van der Waals surface area contributed by atoms with E-state index in [2.05, 4.69) is 11.4 Å². The minimum atomic E-state index is -0.373. The Hall–Kier alpha value is -2.85. The largest absolute Gasteiger partial charge is 0.496 e. The second-order valence-electron chi connectivity index (χ2n) is 6.38. The molecule has 0 aliphatic carbocycles. The molecule has 2 heterocycles. The van der Waals surface area contributed by atoms with Gasteiger partial charge in [0.05, 0.1) is 23.1 Å². The van der Waals surface area contributed by atoms with Crippen LogP contribution in [0.5, 0.6) is 5.75 Å². The average Bonchev–Trinajstić information content (AvgIpc) is 3.02. The number of benzene rings is 1. The number of nitrogens with zero attached hydrogens (tertiary/aromatic N) is 2. The Morgan fingerprint density at radius 1 is 1.22 bits per heavy atom. The van der Waals surface area contributed by atoms with E-state index in [4.69, 9.17) is 4.74 Å². The summed E-state index contributed by atoms with van der Waals surface area (Å²) in [6.07, 6.45) is 3.13. The standard InChI is InChI=1S/C20H21N3O3S/c1-13-15(12-21)19(22-18(24)14-8-4-5-9-16(14)26-2)27-17(13)20(25)23-10-6-3-7-11-23/h4-5,8-9H,3,6-7,10-11H2,1-2H3,(H,22,24). The summed E-state index contributed by atoms with van der Waals surface area (Å²) < 4.78 is 5.22. The number of carbonyl (C=O) groups is 2. The maximum atomic E-state index is 12.9. The summed E-state index contributed by atoms with van der Waals surface area (Å²) in [5.74, 6) is 0.0139. The number of thiophene rings is 1. The highest BCUT2D eigenvalue weighted by atomic mass is 32.1. The van der Waals surface area contributed by atoms with E-state index in [1.807, 2.05) is 4.90 Å². The third-order valence-corrected chi connectivity index (χ3v) is 5.87. The normalized spacial score (nSPS) is 13.7. The van der Waals surface area contributed by atoms with Gasteiger partial charge in [0.15, 0.2) is 0 Å². The third kappa shape index (κ3) is 3.81. The number of carbonyl (C=O) groups excluding carboxylic acids is 2. The van der Waals surface area contributed by atoms with Gasteiger partial charge in [0, 0.05) is 13.1 Å². The fourth-order valence-electron chi connectivity index (χ4n) is 3.18. The lowest BCUT2D eigenvalue weighted by Gasteiger charge is -2.26. The summed E-state index contributed by atoms with van der Waals surface area (Å²) in [6.45, 7) is 3.23. The Morgan fingerprint density at radius 2 is 1.93 bits per heavy atom. The van der Waals surface area contributed by atoms with Crippen molar-refractivity contribution in [2.24, 2.45) is 0 Å². The first-order chi connectivity index (χ1) is 13.1. The Labute approximate surface area is 162 Å². The number of hydrogen-bond acceptors (Lipinski definition) is 5. The monoisotopic (exact) mass is 383 g/mol. The molecule has 1 aliphatic heterocycles. The van der Waals surface area contributed by atoms with Gasteiger partial charge in [-0.1, -0.05) is 12.1 Å². The van der Waals surface area contributed by atoms with Gasteiger partial charge >= 0.3 is 0 Å². The Morgan fingerprint density at radius 3 is 2.59 bits per heavy atom. The zero-order chi connectivity index (χ0) is 19.4. The molecule has 3 rings (SSSR count). The van der Waals surface area contributed by atoms with Crippen molar-refractivity contribution in [3.8, 4) is 11.8 Å². The molecule has 0 bridgehead atoms. The lowest BCUT2D eigenvalue weighted by molar-refractivity contribution is 0.0728. The van der Waals surface area contributed by atoms with E-state index in [1.165, 1.54) is 7.11 Å². The number of nitriles is 1. The van der Waals surface area contributed by atoms with Crippen LogP contribution in [0.2, 0.25) is 0 Å². The number of ether oxygens (including phenoxy) is 1. The van der Waals surface area contributed by atoms with E-state index >= 15 is 0 Å². The molecule has 7 heteroatoms. The van der Waals surface area contributed by atoms with Crippen molar-refractivity contribution in [1.29, 1.82) is 5.26 Å². The van der Waals surface area contributed by atoms with Crippen molar-refractivity contribution in [1.82, 2.24) is 4.90 Å². The first-order valence-corrected chi connectivity index (χ1v) is 9.65. The molecule has 0 atom stereocenters. The van der Waals surface area contributed by atoms with Gasteiger partial charge in [-0.2, -0.15) is 5.26 Å². The van der Waals surface area contributed by atoms with E-state index in [0.717, 1.165) is 43.7 Å². The first-order valence-electron chi connectivity index (χ1n) is 8.84. The smallest absolute Gasteiger partial charge is 0.264 e. The first kappa shape index (κ1) is 18.9. The lowest BCUT2D eigenvalue weighted by atomic mass is 10.1. The molecule has 0 saturated carbocycles. The van der Waals surface area contributed by atoms with Gasteiger partial charge in [0.25, 0.3) is 11.8 Å². The molecule has 1 aromatic heterocycles. The van der Waals surface area contributed by atoms with E-state index in [1.54, 1.807) is 31.2 Å². The number of anilines is 1. The van der Waals surface area contributed by atoms with Crippen molar-refractivity contribution < 1.29 is 14.3 Å². The summed E-state index contributed by atoms with van der Waals surface area (Å²) in [6, 6.07) is 9.00. The predicted molar refractivity (Wildman–Crippen MR) is 104 cm³/mol. The number of para-hydroxylation sites is 1. The highest BCUT2D eigenvalue weighted by molar-refractivity contribution is 7.18. The van der Waals surface area contributed by atoms with Gasteiger partial charge in [-0.3, -0.25) is 9.59 Å². The molecule has 2 amide bonds. The van der Waals surface area contributed by atoms with Crippen LogP contribution in [0.1, 0.15) is 50.4 Å². The zero-order valence-corrected chi connectivity index (χ0v) is 16.2. The number of rotatable bonds is 4. The van der Waals surface area contributed by atoms with Crippen molar-refractivity contribution in [3.63, 3.8) is 0 Å². The highest BCUT2D eigenvalue weighted by Gasteiger charge is 2.26. The topological polar surface area (TPSA) is 82.4 Å². The van der Waals surface area contributed by atoms with Crippen LogP contribution in [0.25, 0.3) is 0 Å². The van der Waals surface area contributed by atoms with Crippen molar-refractivity contribution in [2.75, 3.05) is 25.5 Å². The van der Waals surface area contributed by atoms with E-state index < -0.39 is 0 Å². The highest BCUT2D eigenvalue weighted by Crippen LogP contribution is 2.34. The van der Waals surface area contributed by atoms with Gasteiger partial charge in [-0.25, -0.2) is 0 Å². The maximum absolute atomic E-state index is 12.9.